The Bertz CT molecular complexity index is 3380. The van der Waals surface area contributed by atoms with E-state index in [-0.39, 0.29) is 125 Å². The molecule has 0 radical (unpaired) electrons. The molecule has 0 bridgehead atoms. The van der Waals surface area contributed by atoms with Gasteiger partial charge in [-0.05, 0) is 82.5 Å². The molecule has 4 heterocycles. The summed E-state index contributed by atoms with van der Waals surface area (Å²) in [6.45, 7) is 2.09. The number of carboxylic acids is 2. The first-order valence-corrected chi connectivity index (χ1v) is 35.5. The SMILES string of the molecule is CC(C)NC(=O)CCC(=O)N1Cc2ccccc2C2C(N=NN2CN[C@H](CS)C(=O)N[C@H]2CSSCC(C(N)=O)NC(=O)[C@H](CC(=O)O)NC(=O)C3CCCN3C(=O)CNC(=O)[C@H](CCCCN)NC(=O)[C@H](CC(=O)O)NC(=O)CNC(=O)[C@H](CCCN=C(N)N)NC2=O)c2ccccc21. The maximum atomic E-state index is 14.7. The normalized spacial score (nSPS) is 23.4. The topological polar surface area (TPSA) is 551 Å². The van der Waals surface area contributed by atoms with Gasteiger partial charge in [-0.3, -0.25) is 82.4 Å². The van der Waals surface area contributed by atoms with E-state index in [1.54, 1.807) is 28.1 Å². The second kappa shape index (κ2) is 39.5. The molecule has 2 aromatic rings. The molecule has 20 N–H and O–H groups in total. The van der Waals surface area contributed by atoms with Gasteiger partial charge in [-0.1, -0.05) is 69.3 Å². The van der Waals surface area contributed by atoms with Crippen molar-refractivity contribution in [3.63, 3.8) is 0 Å². The van der Waals surface area contributed by atoms with Crippen molar-refractivity contribution in [1.29, 1.82) is 0 Å². The molecule has 2 aromatic carbocycles. The lowest BCUT2D eigenvalue weighted by atomic mass is 9.87. The number of nitrogens with two attached hydrogens (primary N) is 4. The van der Waals surface area contributed by atoms with Crippen LogP contribution in [0.3, 0.4) is 0 Å². The van der Waals surface area contributed by atoms with Gasteiger partial charge in [0.1, 0.15) is 54.4 Å². The van der Waals surface area contributed by atoms with Gasteiger partial charge < -0.3 is 90.8 Å². The number of aliphatic carboxylic acids is 2. The number of rotatable bonds is 23. The van der Waals surface area contributed by atoms with E-state index in [2.05, 4.69) is 76.0 Å². The fourth-order valence-corrected chi connectivity index (χ4v) is 13.9. The minimum absolute atomic E-state index is 0.0101. The van der Waals surface area contributed by atoms with Crippen molar-refractivity contribution in [3.8, 4) is 0 Å². The van der Waals surface area contributed by atoms with Gasteiger partial charge in [-0.25, -0.2) is 0 Å². The maximum absolute atomic E-state index is 14.7. The summed E-state index contributed by atoms with van der Waals surface area (Å²) in [4.78, 5) is 197. The first-order chi connectivity index (χ1) is 47.7. The Hall–Kier alpha value is -9.34. The van der Waals surface area contributed by atoms with Crippen molar-refractivity contribution in [1.82, 2.24) is 63.1 Å². The number of anilines is 1. The van der Waals surface area contributed by atoms with Crippen LogP contribution in [0.4, 0.5) is 5.69 Å². The summed E-state index contributed by atoms with van der Waals surface area (Å²) in [5.41, 5.74) is 25.2. The van der Waals surface area contributed by atoms with Crippen molar-refractivity contribution in [3.05, 3.63) is 65.2 Å². The Morgan fingerprint density at radius 3 is 2.01 bits per heavy atom. The van der Waals surface area contributed by atoms with Crippen LogP contribution in [0.15, 0.2) is 63.9 Å². The lowest BCUT2D eigenvalue weighted by Gasteiger charge is -2.35. The Balaban J connectivity index is 1.28. The lowest BCUT2D eigenvalue weighted by molar-refractivity contribution is -0.143. The van der Waals surface area contributed by atoms with E-state index in [4.69, 9.17) is 28.0 Å². The van der Waals surface area contributed by atoms with Gasteiger partial charge in [0.25, 0.3) is 0 Å². The second-order valence-corrected chi connectivity index (χ2v) is 27.0. The predicted molar refractivity (Wildman–Crippen MR) is 368 cm³/mol. The number of guanidine groups is 1. The molecular weight excluding hydrogens is 1360 g/mol. The van der Waals surface area contributed by atoms with Gasteiger partial charge in [0.2, 0.25) is 70.9 Å². The molecule has 12 amide bonds. The average Bonchev–Trinajstić information content (AvgIpc) is 1.48. The number of hydrogen-bond acceptors (Lipinski definition) is 23. The number of fused-ring (bicyclic) bond motifs is 6. The molecule has 0 aromatic heterocycles. The van der Waals surface area contributed by atoms with E-state index in [0.29, 0.717) is 17.7 Å². The molecule has 2 saturated heterocycles. The number of carbonyl (C=O) groups is 14. The quantitative estimate of drug-likeness (QED) is 0.0167. The van der Waals surface area contributed by atoms with Gasteiger partial charge in [0.05, 0.1) is 45.2 Å². The maximum Gasteiger partial charge on any atom is 0.305 e. The van der Waals surface area contributed by atoms with Gasteiger partial charge in [0.15, 0.2) is 5.96 Å². The van der Waals surface area contributed by atoms with E-state index >= 15 is 0 Å². The summed E-state index contributed by atoms with van der Waals surface area (Å²) in [6.07, 6.45) is -1.49. The van der Waals surface area contributed by atoms with E-state index in [9.17, 15) is 77.3 Å². The molecule has 0 aliphatic carbocycles. The Morgan fingerprint density at radius 2 is 1.35 bits per heavy atom. The van der Waals surface area contributed by atoms with Gasteiger partial charge in [0, 0.05) is 60.5 Å². The minimum Gasteiger partial charge on any atom is -0.481 e. The highest BCUT2D eigenvalue weighted by Crippen LogP contribution is 2.48. The molecule has 36 nitrogen and oxygen atoms in total. The van der Waals surface area contributed by atoms with E-state index in [1.807, 2.05) is 44.2 Å². The summed E-state index contributed by atoms with van der Waals surface area (Å²) in [7, 11) is 1.74. The zero-order valence-electron chi connectivity index (χ0n) is 55.2. The zero-order chi connectivity index (χ0) is 73.2. The molecule has 4 aliphatic heterocycles. The van der Waals surface area contributed by atoms with Crippen molar-refractivity contribution in [2.45, 2.75) is 157 Å². The van der Waals surface area contributed by atoms with Crippen molar-refractivity contribution in [2.75, 3.05) is 61.6 Å². The van der Waals surface area contributed by atoms with Gasteiger partial charge >= 0.3 is 11.9 Å². The summed E-state index contributed by atoms with van der Waals surface area (Å²) in [5.74, 6) is -14.8. The van der Waals surface area contributed by atoms with Crippen LogP contribution in [0.25, 0.3) is 0 Å². The number of hydrogen-bond donors (Lipinski definition) is 17. The summed E-state index contributed by atoms with van der Waals surface area (Å²) in [6, 6.07) is 0.912. The number of nitrogens with zero attached hydrogens (tertiary/aromatic N) is 6. The molecule has 4 aliphatic rings. The van der Waals surface area contributed by atoms with Gasteiger partial charge in [-0.15, -0.1) is 0 Å². The van der Waals surface area contributed by atoms with Crippen molar-refractivity contribution < 1.29 is 77.3 Å². The third-order valence-electron chi connectivity index (χ3n) is 16.2. The smallest absolute Gasteiger partial charge is 0.305 e. The fraction of sp³-hybridized carbons (Fsp3) is 0.557. The molecule has 546 valence electrons. The number of amides is 12. The van der Waals surface area contributed by atoms with Crippen LogP contribution in [0.1, 0.15) is 113 Å². The highest BCUT2D eigenvalue weighted by Gasteiger charge is 2.43. The van der Waals surface area contributed by atoms with Crippen LogP contribution >= 0.6 is 34.2 Å². The van der Waals surface area contributed by atoms with E-state index < -0.39 is 157 Å². The third-order valence-corrected chi connectivity index (χ3v) is 19.0. The number of primary amides is 1. The second-order valence-electron chi connectivity index (χ2n) is 24.1. The Labute approximate surface area is 588 Å². The number of unbranched alkanes of at least 4 members (excludes halogenated alkanes) is 1. The number of carboxylic acid groups (broad SMARTS) is 2. The van der Waals surface area contributed by atoms with Crippen molar-refractivity contribution >= 4 is 129 Å². The van der Waals surface area contributed by atoms with E-state index in [0.717, 1.165) is 37.6 Å². The number of benzene rings is 2. The molecule has 0 spiro atoms. The predicted octanol–water partition coefficient (Wildman–Crippen LogP) is -3.71. The largest absolute Gasteiger partial charge is 0.481 e. The number of para-hydroxylation sites is 1. The summed E-state index contributed by atoms with van der Waals surface area (Å²) < 4.78 is 0. The van der Waals surface area contributed by atoms with Crippen molar-refractivity contribution in [2.24, 2.45) is 38.3 Å². The molecule has 4 unspecified atom stereocenters. The first kappa shape index (κ1) is 79.6. The Morgan fingerprint density at radius 1 is 0.730 bits per heavy atom. The number of aliphatic imine (C=N–C) groups is 1. The fourth-order valence-electron chi connectivity index (χ4n) is 11.2. The van der Waals surface area contributed by atoms with Crippen LogP contribution in [0.2, 0.25) is 0 Å². The molecular formula is C61H88N20O16S3. The first-order valence-electron chi connectivity index (χ1n) is 32.4. The molecule has 0 saturated carbocycles. The summed E-state index contributed by atoms with van der Waals surface area (Å²) >= 11 is 4.50. The number of carbonyl (C=O) groups excluding carboxylic acids is 12. The van der Waals surface area contributed by atoms with Gasteiger partial charge in [-0.2, -0.15) is 17.7 Å². The lowest BCUT2D eigenvalue weighted by Crippen LogP contribution is -2.58. The zero-order valence-corrected chi connectivity index (χ0v) is 57.7. The van der Waals surface area contributed by atoms with Crippen LogP contribution in [-0.2, 0) is 73.7 Å². The number of thiol groups is 1. The van der Waals surface area contributed by atoms with Crippen LogP contribution < -0.4 is 81.0 Å². The molecule has 10 atom stereocenters. The van der Waals surface area contributed by atoms with Crippen LogP contribution in [0, 0.1) is 0 Å². The highest BCUT2D eigenvalue weighted by molar-refractivity contribution is 8.76. The monoisotopic (exact) mass is 1450 g/mol. The molecule has 100 heavy (non-hydrogen) atoms. The van der Waals surface area contributed by atoms with E-state index in [1.165, 1.54) is 0 Å². The molecule has 2 fully saturated rings. The molecule has 6 rings (SSSR count). The molecule has 39 heteroatoms. The highest BCUT2D eigenvalue weighted by atomic mass is 33.1. The standard InChI is InChI=1S/C61H88N20O16S3/c1-32(2)70-45(82)18-19-47(84)80-27-33-11-3-4-12-34(33)52-51(35-13-5-6-16-43(35)80)77-78-81(52)31-69-40(28-98)58(95)76-42-30-100-99-29-41(53(63)90)75-57(94)39(24-50(88)89)74-60(97)44-17-10-22-79(44)48(85)26-68-55(92)36(14-7-8-20-62)72-56(93)38(23-49(86)87)71-46(83)25-67-54(91)37(73-59(42)96)15-9-21-66-61(64)65/h3-6,11-13,16,32,36-42,44,51-52,69,98H,7-10,14-15,17-31,62H2,1-2H3,(H2,63,90)(H,67,91)(H,68,92)(H,70,82)(H,71,83)(H,72,93)(H,73,96)(H,74,97)(H,75,94)(H,76,95)(H,86,87)(H,88,89)(H4,64,65,66)/t36-,37-,38-,39-,40+,41?,42-,44?,51?,52?/m0/s1. The number of nitrogens with one attached hydrogen (secondary N) is 10. The third kappa shape index (κ3) is 24.0. The minimum atomic E-state index is -1.86. The summed E-state index contributed by atoms with van der Waals surface area (Å²) in [5, 5.41) is 55.9. The average molecular weight is 1450 g/mol. The Kier molecular flexibility index (Phi) is 31.4. The van der Waals surface area contributed by atoms with Crippen LogP contribution in [-0.4, -0.2) is 220 Å². The van der Waals surface area contributed by atoms with Crippen LogP contribution in [0.5, 0.6) is 0 Å².